The Labute approximate surface area is 196 Å². The van der Waals surface area contributed by atoms with E-state index < -0.39 is 0 Å². The average Bonchev–Trinajstić information content (AvgIpc) is 3.09. The second kappa shape index (κ2) is 11.6. The third-order valence-electron chi connectivity index (χ3n) is 5.84. The van der Waals surface area contributed by atoms with Gasteiger partial charge in [-0.05, 0) is 64.2 Å². The number of oxime groups is 1. The zero-order chi connectivity index (χ0) is 23.8. The molecule has 1 aromatic carbocycles. The molecule has 1 amide bonds. The van der Waals surface area contributed by atoms with Gasteiger partial charge in [-0.2, -0.15) is 0 Å². The number of hydrogen-bond donors (Lipinski definition) is 0. The summed E-state index contributed by atoms with van der Waals surface area (Å²) in [5.41, 5.74) is 4.01. The van der Waals surface area contributed by atoms with Crippen LogP contribution in [0, 0.1) is 13.8 Å². The van der Waals surface area contributed by atoms with E-state index in [4.69, 9.17) is 9.57 Å². The van der Waals surface area contributed by atoms with Crippen molar-refractivity contribution in [2.24, 2.45) is 5.16 Å². The number of fused-ring (bicyclic) bond motifs is 1. The quantitative estimate of drug-likeness (QED) is 0.375. The van der Waals surface area contributed by atoms with Crippen LogP contribution in [-0.2, 0) is 20.8 Å². The Kier molecular flexibility index (Phi) is 8.64. The lowest BCUT2D eigenvalue weighted by Gasteiger charge is -2.25. The molecule has 2 heterocycles. The molecule has 2 aliphatic heterocycles. The molecule has 0 saturated heterocycles. The molecule has 2 aliphatic rings. The summed E-state index contributed by atoms with van der Waals surface area (Å²) in [7, 11) is 0. The topological polar surface area (TPSA) is 68.2 Å². The first-order chi connectivity index (χ1) is 15.9. The van der Waals surface area contributed by atoms with Crippen LogP contribution in [-0.4, -0.2) is 47.8 Å². The Bertz CT molecular complexity index is 978. The fourth-order valence-corrected chi connectivity index (χ4v) is 4.32. The molecule has 2 atom stereocenters. The van der Waals surface area contributed by atoms with Gasteiger partial charge < -0.3 is 14.5 Å². The molecule has 0 fully saturated rings. The van der Waals surface area contributed by atoms with Gasteiger partial charge in [0, 0.05) is 18.5 Å². The molecule has 33 heavy (non-hydrogen) atoms. The minimum atomic E-state index is -0.322. The maximum atomic E-state index is 12.8. The Morgan fingerprint density at radius 2 is 1.79 bits per heavy atom. The fraction of sp³-hybridized carbons (Fsp3) is 0.444. The standard InChI is InChI=1S/C27H34N2O4/c1-19-15-20(2)26-23(16-19)17-24(11-9-7-5-6-8-10-14-32-27(26)31)28-33-18-25(30)29-21(3)12-13-22(29)4/h6,8-9,11-13,15-16,21-22H,5,7,10,14,17-18H2,1-4H3/b8-6+,11-9+,28-24-. The zero-order valence-corrected chi connectivity index (χ0v) is 20.0. The number of amides is 1. The van der Waals surface area contributed by atoms with E-state index in [-0.39, 0.29) is 30.6 Å². The van der Waals surface area contributed by atoms with Crippen LogP contribution in [0.4, 0.5) is 0 Å². The summed E-state index contributed by atoms with van der Waals surface area (Å²) in [4.78, 5) is 32.7. The Morgan fingerprint density at radius 1 is 1.09 bits per heavy atom. The Morgan fingerprint density at radius 3 is 2.55 bits per heavy atom. The highest BCUT2D eigenvalue weighted by molar-refractivity contribution is 6.00. The zero-order valence-electron chi connectivity index (χ0n) is 20.0. The summed E-state index contributed by atoms with van der Waals surface area (Å²) < 4.78 is 5.52. The maximum absolute atomic E-state index is 12.8. The first-order valence-corrected chi connectivity index (χ1v) is 11.6. The van der Waals surface area contributed by atoms with E-state index in [2.05, 4.69) is 17.3 Å². The number of rotatable bonds is 3. The monoisotopic (exact) mass is 450 g/mol. The van der Waals surface area contributed by atoms with Crippen molar-refractivity contribution in [3.05, 3.63) is 70.8 Å². The van der Waals surface area contributed by atoms with Gasteiger partial charge in [-0.25, -0.2) is 4.79 Å². The SMILES string of the molecule is Cc1cc(C)c2c(c1)CC(=N\OCC(=O)N1C(C)C=CC1C)/C=C/CC/C=C/CCOC2=O. The van der Waals surface area contributed by atoms with E-state index in [1.807, 2.05) is 64.1 Å². The lowest BCUT2D eigenvalue weighted by molar-refractivity contribution is -0.137. The highest BCUT2D eigenvalue weighted by Crippen LogP contribution is 2.21. The largest absolute Gasteiger partial charge is 0.462 e. The highest BCUT2D eigenvalue weighted by Gasteiger charge is 2.27. The second-order valence-electron chi connectivity index (χ2n) is 8.69. The third kappa shape index (κ3) is 6.67. The van der Waals surface area contributed by atoms with Gasteiger partial charge in [-0.1, -0.05) is 53.2 Å². The van der Waals surface area contributed by atoms with Gasteiger partial charge in [-0.15, -0.1) is 0 Å². The summed E-state index contributed by atoms with van der Waals surface area (Å²) in [6, 6.07) is 4.07. The summed E-state index contributed by atoms with van der Waals surface area (Å²) in [6.45, 7) is 8.12. The van der Waals surface area contributed by atoms with Gasteiger partial charge in [0.05, 0.1) is 17.9 Å². The molecule has 0 spiro atoms. The normalized spacial score (nSPS) is 24.7. The number of nitrogens with zero attached hydrogens (tertiary/aromatic N) is 2. The van der Waals surface area contributed by atoms with Crippen LogP contribution in [0.2, 0.25) is 0 Å². The van der Waals surface area contributed by atoms with Crippen LogP contribution in [0.3, 0.4) is 0 Å². The lowest BCUT2D eigenvalue weighted by Crippen LogP contribution is -2.41. The number of aryl methyl sites for hydroxylation is 2. The molecular formula is C27H34N2O4. The van der Waals surface area contributed by atoms with Gasteiger partial charge in [-0.3, -0.25) is 4.79 Å². The smallest absolute Gasteiger partial charge is 0.338 e. The van der Waals surface area contributed by atoms with Crippen molar-refractivity contribution in [3.63, 3.8) is 0 Å². The van der Waals surface area contributed by atoms with Gasteiger partial charge in [0.25, 0.3) is 5.91 Å². The molecule has 0 radical (unpaired) electrons. The number of hydrogen-bond acceptors (Lipinski definition) is 5. The van der Waals surface area contributed by atoms with E-state index in [9.17, 15) is 9.59 Å². The van der Waals surface area contributed by atoms with Crippen molar-refractivity contribution < 1.29 is 19.2 Å². The van der Waals surface area contributed by atoms with Crippen molar-refractivity contribution in [3.8, 4) is 0 Å². The molecule has 6 nitrogen and oxygen atoms in total. The molecule has 2 unspecified atom stereocenters. The number of carbonyl (C=O) groups is 2. The molecule has 176 valence electrons. The van der Waals surface area contributed by atoms with Crippen LogP contribution in [0.5, 0.6) is 0 Å². The number of carbonyl (C=O) groups excluding carboxylic acids is 2. The number of allylic oxidation sites excluding steroid dienone is 3. The molecule has 0 aromatic heterocycles. The molecule has 6 heteroatoms. The minimum absolute atomic E-state index is 0.0508. The highest BCUT2D eigenvalue weighted by atomic mass is 16.6. The number of cyclic esters (lactones) is 1. The Hall–Kier alpha value is -3.15. The van der Waals surface area contributed by atoms with Crippen molar-refractivity contribution in [2.45, 2.75) is 65.5 Å². The molecular weight excluding hydrogens is 416 g/mol. The molecule has 0 aliphatic carbocycles. The predicted molar refractivity (Wildman–Crippen MR) is 130 cm³/mol. The van der Waals surface area contributed by atoms with Crippen molar-refractivity contribution in [1.82, 2.24) is 4.90 Å². The minimum Gasteiger partial charge on any atom is -0.462 e. The number of esters is 1. The van der Waals surface area contributed by atoms with Crippen LogP contribution in [0.25, 0.3) is 0 Å². The average molecular weight is 451 g/mol. The van der Waals surface area contributed by atoms with Crippen molar-refractivity contribution in [1.29, 1.82) is 0 Å². The summed E-state index contributed by atoms with van der Waals surface area (Å²) in [5, 5.41) is 4.29. The number of ether oxygens (including phenoxy) is 1. The first kappa shape index (κ1) is 24.5. The second-order valence-corrected chi connectivity index (χ2v) is 8.69. The van der Waals surface area contributed by atoms with E-state index in [0.717, 1.165) is 29.5 Å². The molecule has 0 saturated carbocycles. The van der Waals surface area contributed by atoms with Gasteiger partial charge in [0.1, 0.15) is 0 Å². The van der Waals surface area contributed by atoms with Crippen LogP contribution in [0.1, 0.15) is 60.2 Å². The van der Waals surface area contributed by atoms with Gasteiger partial charge in [0.2, 0.25) is 0 Å². The Balaban J connectivity index is 1.82. The molecule has 1 aromatic rings. The van der Waals surface area contributed by atoms with Crippen LogP contribution in [0.15, 0.2) is 53.7 Å². The van der Waals surface area contributed by atoms with Gasteiger partial charge in [0.15, 0.2) is 6.61 Å². The predicted octanol–water partition coefficient (Wildman–Crippen LogP) is 4.85. The summed E-state index contributed by atoms with van der Waals surface area (Å²) in [6.07, 6.45) is 15.0. The maximum Gasteiger partial charge on any atom is 0.338 e. The van der Waals surface area contributed by atoms with Crippen molar-refractivity contribution in [2.75, 3.05) is 13.2 Å². The van der Waals surface area contributed by atoms with Gasteiger partial charge >= 0.3 is 5.97 Å². The third-order valence-corrected chi connectivity index (χ3v) is 5.84. The molecule has 0 bridgehead atoms. The number of benzene rings is 1. The fourth-order valence-electron chi connectivity index (χ4n) is 4.32. The van der Waals surface area contributed by atoms with E-state index >= 15 is 0 Å². The lowest BCUT2D eigenvalue weighted by atomic mass is 9.95. The van der Waals surface area contributed by atoms with Crippen LogP contribution >= 0.6 is 0 Å². The molecule has 3 rings (SSSR count). The van der Waals surface area contributed by atoms with Crippen molar-refractivity contribution >= 4 is 17.6 Å². The van der Waals surface area contributed by atoms with E-state index in [1.165, 1.54) is 0 Å². The van der Waals surface area contributed by atoms with E-state index in [0.29, 0.717) is 30.7 Å². The van der Waals surface area contributed by atoms with E-state index in [1.54, 1.807) is 4.90 Å². The molecule has 0 N–H and O–H groups in total. The summed E-state index contributed by atoms with van der Waals surface area (Å²) >= 11 is 0. The first-order valence-electron chi connectivity index (χ1n) is 11.6. The summed E-state index contributed by atoms with van der Waals surface area (Å²) in [5.74, 6) is -0.424. The van der Waals surface area contributed by atoms with Crippen LogP contribution < -0.4 is 0 Å².